The van der Waals surface area contributed by atoms with E-state index in [1.807, 2.05) is 13.8 Å². The minimum Gasteiger partial charge on any atom is -0.348 e. The van der Waals surface area contributed by atoms with E-state index in [0.29, 0.717) is 32.2 Å². The van der Waals surface area contributed by atoms with Crippen LogP contribution in [0.3, 0.4) is 0 Å². The quantitative estimate of drug-likeness (QED) is 0.678. The monoisotopic (exact) mass is 442 g/mol. The van der Waals surface area contributed by atoms with Gasteiger partial charge in [-0.1, -0.05) is 5.21 Å². The standard InChI is InChI=1S/C18H24F2N6O3S/c1-13(2)21-18(27)17-12-25(23-22-17)8-5-24-6-9-26(10-7-24)30(28,29)14-3-4-15(19)16(20)11-14/h3-4,11-13H,5-10H2,1-2H3,(H,21,27). The highest BCUT2D eigenvalue weighted by Crippen LogP contribution is 2.20. The SMILES string of the molecule is CC(C)NC(=O)c1cn(CCN2CCN(S(=O)(=O)c3ccc(F)c(F)c3)CC2)nn1. The summed E-state index contributed by atoms with van der Waals surface area (Å²) in [6.45, 7) is 6.26. The molecule has 164 valence electrons. The largest absolute Gasteiger partial charge is 0.348 e. The average molecular weight is 442 g/mol. The summed E-state index contributed by atoms with van der Waals surface area (Å²) in [6.07, 6.45) is 1.57. The summed E-state index contributed by atoms with van der Waals surface area (Å²) in [5, 5.41) is 10.6. The molecule has 1 aromatic heterocycles. The van der Waals surface area contributed by atoms with E-state index in [0.717, 1.165) is 12.1 Å². The summed E-state index contributed by atoms with van der Waals surface area (Å²) in [5.41, 5.74) is 0.242. The van der Waals surface area contributed by atoms with Crippen LogP contribution in [0.2, 0.25) is 0 Å². The summed E-state index contributed by atoms with van der Waals surface area (Å²) >= 11 is 0. The van der Waals surface area contributed by atoms with Crippen LogP contribution in [0.15, 0.2) is 29.3 Å². The molecular weight excluding hydrogens is 418 g/mol. The van der Waals surface area contributed by atoms with Crippen molar-refractivity contribution in [2.75, 3.05) is 32.7 Å². The molecule has 1 aliphatic rings. The van der Waals surface area contributed by atoms with E-state index in [4.69, 9.17) is 0 Å². The molecule has 2 aromatic rings. The number of carbonyl (C=O) groups excluding carboxylic acids is 1. The number of nitrogens with zero attached hydrogens (tertiary/aromatic N) is 5. The molecule has 1 fully saturated rings. The van der Waals surface area contributed by atoms with Crippen LogP contribution in [0, 0.1) is 11.6 Å². The van der Waals surface area contributed by atoms with Crippen molar-refractivity contribution in [2.45, 2.75) is 31.3 Å². The fraction of sp³-hybridized carbons (Fsp3) is 0.500. The number of piperazine rings is 1. The lowest BCUT2D eigenvalue weighted by atomic mass is 10.3. The van der Waals surface area contributed by atoms with Crippen molar-refractivity contribution >= 4 is 15.9 Å². The molecule has 0 bridgehead atoms. The second-order valence-electron chi connectivity index (χ2n) is 7.32. The van der Waals surface area contributed by atoms with E-state index in [9.17, 15) is 22.0 Å². The Kier molecular flexibility index (Phi) is 6.78. The van der Waals surface area contributed by atoms with Gasteiger partial charge < -0.3 is 5.32 Å². The Morgan fingerprint density at radius 1 is 1.13 bits per heavy atom. The molecule has 1 amide bonds. The summed E-state index contributed by atoms with van der Waals surface area (Å²) in [7, 11) is -3.88. The molecule has 9 nitrogen and oxygen atoms in total. The lowest BCUT2D eigenvalue weighted by Gasteiger charge is -2.33. The third-order valence-corrected chi connectivity index (χ3v) is 6.59. The number of benzene rings is 1. The van der Waals surface area contributed by atoms with Gasteiger partial charge in [-0.25, -0.2) is 17.2 Å². The Morgan fingerprint density at radius 2 is 1.83 bits per heavy atom. The van der Waals surface area contributed by atoms with E-state index < -0.39 is 21.7 Å². The number of aromatic nitrogens is 3. The maximum Gasteiger partial charge on any atom is 0.273 e. The maximum atomic E-state index is 13.4. The van der Waals surface area contributed by atoms with Crippen LogP contribution in [0.1, 0.15) is 24.3 Å². The maximum absolute atomic E-state index is 13.4. The fourth-order valence-electron chi connectivity index (χ4n) is 3.07. The second-order valence-corrected chi connectivity index (χ2v) is 9.25. The van der Waals surface area contributed by atoms with E-state index >= 15 is 0 Å². The van der Waals surface area contributed by atoms with Crippen LogP contribution >= 0.6 is 0 Å². The highest BCUT2D eigenvalue weighted by atomic mass is 32.2. The predicted octanol–water partition coefficient (Wildman–Crippen LogP) is 0.701. The molecule has 1 aromatic carbocycles. The Bertz CT molecular complexity index is 1000. The molecule has 30 heavy (non-hydrogen) atoms. The van der Waals surface area contributed by atoms with Crippen LogP contribution in [-0.2, 0) is 16.6 Å². The summed E-state index contributed by atoms with van der Waals surface area (Å²) in [5.74, 6) is -2.56. The molecule has 0 saturated carbocycles. The van der Waals surface area contributed by atoms with Crippen molar-refractivity contribution in [3.05, 3.63) is 41.7 Å². The van der Waals surface area contributed by atoms with Crippen LogP contribution in [-0.4, -0.2) is 77.3 Å². The Labute approximate surface area is 173 Å². The summed E-state index contributed by atoms with van der Waals surface area (Å²) in [6, 6.07) is 2.58. The number of amides is 1. The van der Waals surface area contributed by atoms with E-state index in [1.54, 1.807) is 10.9 Å². The minimum atomic E-state index is -3.88. The van der Waals surface area contributed by atoms with Gasteiger partial charge in [-0.05, 0) is 32.0 Å². The molecule has 0 atom stereocenters. The van der Waals surface area contributed by atoms with E-state index in [1.165, 1.54) is 4.31 Å². The first-order chi connectivity index (χ1) is 14.2. The third kappa shape index (κ3) is 5.18. The highest BCUT2D eigenvalue weighted by molar-refractivity contribution is 7.89. The van der Waals surface area contributed by atoms with Gasteiger partial charge in [-0.2, -0.15) is 4.31 Å². The van der Waals surface area contributed by atoms with Gasteiger partial charge >= 0.3 is 0 Å². The van der Waals surface area contributed by atoms with Crippen LogP contribution < -0.4 is 5.32 Å². The zero-order chi connectivity index (χ0) is 21.9. The van der Waals surface area contributed by atoms with Gasteiger partial charge in [-0.15, -0.1) is 5.10 Å². The molecule has 1 aliphatic heterocycles. The molecule has 3 rings (SSSR count). The van der Waals surface area contributed by atoms with Crippen molar-refractivity contribution < 1.29 is 22.0 Å². The number of rotatable bonds is 7. The average Bonchev–Trinajstić information content (AvgIpc) is 3.17. The molecular formula is C18H24F2N6O3S. The lowest BCUT2D eigenvalue weighted by molar-refractivity contribution is 0.0938. The van der Waals surface area contributed by atoms with Gasteiger partial charge in [0.2, 0.25) is 10.0 Å². The minimum absolute atomic E-state index is 0.00151. The smallest absolute Gasteiger partial charge is 0.273 e. The fourth-order valence-corrected chi connectivity index (χ4v) is 4.51. The van der Waals surface area contributed by atoms with Gasteiger partial charge in [0.1, 0.15) is 0 Å². The van der Waals surface area contributed by atoms with Gasteiger partial charge in [0.25, 0.3) is 5.91 Å². The van der Waals surface area contributed by atoms with Gasteiger partial charge in [0.15, 0.2) is 17.3 Å². The van der Waals surface area contributed by atoms with Crippen molar-refractivity contribution in [2.24, 2.45) is 0 Å². The molecule has 0 aliphatic carbocycles. The van der Waals surface area contributed by atoms with Gasteiger partial charge in [0.05, 0.1) is 17.6 Å². The predicted molar refractivity (Wildman–Crippen MR) is 104 cm³/mol. The Balaban J connectivity index is 1.52. The lowest BCUT2D eigenvalue weighted by Crippen LogP contribution is -2.49. The topological polar surface area (TPSA) is 100 Å². The van der Waals surface area contributed by atoms with Crippen molar-refractivity contribution in [3.63, 3.8) is 0 Å². The van der Waals surface area contributed by atoms with E-state index in [-0.39, 0.29) is 35.6 Å². The third-order valence-electron chi connectivity index (χ3n) is 4.70. The van der Waals surface area contributed by atoms with Crippen molar-refractivity contribution in [1.82, 2.24) is 29.5 Å². The Hall–Kier alpha value is -2.44. The zero-order valence-corrected chi connectivity index (χ0v) is 17.6. The molecule has 12 heteroatoms. The number of nitrogens with one attached hydrogen (secondary N) is 1. The number of halogens is 2. The number of sulfonamides is 1. The second kappa shape index (κ2) is 9.14. The van der Waals surface area contributed by atoms with Crippen LogP contribution in [0.4, 0.5) is 8.78 Å². The van der Waals surface area contributed by atoms with Gasteiger partial charge in [0, 0.05) is 38.8 Å². The normalized spacial score (nSPS) is 16.2. The molecule has 0 unspecified atom stereocenters. The molecule has 2 heterocycles. The first-order valence-corrected chi connectivity index (χ1v) is 11.0. The van der Waals surface area contributed by atoms with Crippen LogP contribution in [0.5, 0.6) is 0 Å². The number of hydrogen-bond donors (Lipinski definition) is 1. The highest BCUT2D eigenvalue weighted by Gasteiger charge is 2.29. The summed E-state index contributed by atoms with van der Waals surface area (Å²) < 4.78 is 54.6. The molecule has 0 spiro atoms. The Morgan fingerprint density at radius 3 is 2.47 bits per heavy atom. The van der Waals surface area contributed by atoms with Crippen molar-refractivity contribution in [3.8, 4) is 0 Å². The van der Waals surface area contributed by atoms with Gasteiger partial charge in [-0.3, -0.25) is 14.4 Å². The molecule has 0 radical (unpaired) electrons. The van der Waals surface area contributed by atoms with E-state index in [2.05, 4.69) is 20.5 Å². The molecule has 1 saturated heterocycles. The first-order valence-electron chi connectivity index (χ1n) is 9.55. The zero-order valence-electron chi connectivity index (χ0n) is 16.8. The first kappa shape index (κ1) is 22.2. The number of hydrogen-bond acceptors (Lipinski definition) is 6. The van der Waals surface area contributed by atoms with Crippen molar-refractivity contribution in [1.29, 1.82) is 0 Å². The summed E-state index contributed by atoms with van der Waals surface area (Å²) in [4.78, 5) is 13.7. The molecule has 1 N–H and O–H groups in total. The van der Waals surface area contributed by atoms with Crippen LogP contribution in [0.25, 0.3) is 0 Å². The number of carbonyl (C=O) groups is 1.